The van der Waals surface area contributed by atoms with Gasteiger partial charge in [0.15, 0.2) is 11.6 Å². The van der Waals surface area contributed by atoms with Crippen LogP contribution in [0.5, 0.6) is 5.75 Å². The number of hydrogen-bond donors (Lipinski definition) is 2. The molecule has 1 saturated carbocycles. The average molecular weight is 717 g/mol. The van der Waals surface area contributed by atoms with Gasteiger partial charge in [-0.15, -0.1) is 24.7 Å². The molecule has 1 aliphatic carbocycles. The van der Waals surface area contributed by atoms with Crippen LogP contribution < -0.4 is 4.74 Å². The number of unbranched alkanes of at least 4 members (excludes halogenated alkanes) is 3. The molecule has 0 spiro atoms. The van der Waals surface area contributed by atoms with E-state index in [9.17, 15) is 28.6 Å². The van der Waals surface area contributed by atoms with Crippen molar-refractivity contribution in [3.05, 3.63) is 42.0 Å². The molecule has 9 nitrogen and oxygen atoms in total. The highest BCUT2D eigenvalue weighted by atomic mass is 19.1. The maximum atomic E-state index is 13.8. The van der Waals surface area contributed by atoms with E-state index in [1.807, 2.05) is 6.92 Å². The zero-order valence-electron chi connectivity index (χ0n) is 29.7. The van der Waals surface area contributed by atoms with Crippen LogP contribution in [-0.4, -0.2) is 80.1 Å². The Balaban J connectivity index is 1.41. The molecule has 282 valence electrons. The second kappa shape index (κ2) is 22.5. The Labute approximate surface area is 301 Å². The Bertz CT molecular complexity index is 1340. The fourth-order valence-electron chi connectivity index (χ4n) is 6.42. The van der Waals surface area contributed by atoms with E-state index in [0.29, 0.717) is 45.3 Å². The third-order valence-electron chi connectivity index (χ3n) is 9.37. The number of rotatable bonds is 22. The summed E-state index contributed by atoms with van der Waals surface area (Å²) < 4.78 is 55.6. The molecule has 1 saturated heterocycles. The molecule has 0 bridgehead atoms. The van der Waals surface area contributed by atoms with Crippen LogP contribution in [-0.2, 0) is 28.5 Å². The molecule has 1 aliphatic heterocycles. The molecule has 1 heterocycles. The van der Waals surface area contributed by atoms with Gasteiger partial charge in [0, 0.05) is 57.3 Å². The van der Waals surface area contributed by atoms with Gasteiger partial charge < -0.3 is 33.9 Å². The first-order valence-electron chi connectivity index (χ1n) is 18.0. The van der Waals surface area contributed by atoms with Crippen molar-refractivity contribution in [2.45, 2.75) is 102 Å². The van der Waals surface area contributed by atoms with Gasteiger partial charge in [-0.05, 0) is 68.9 Å². The van der Waals surface area contributed by atoms with Gasteiger partial charge in [-0.3, -0.25) is 9.59 Å². The van der Waals surface area contributed by atoms with Gasteiger partial charge in [0.1, 0.15) is 31.7 Å². The second-order valence-corrected chi connectivity index (χ2v) is 14.0. The van der Waals surface area contributed by atoms with E-state index in [1.165, 1.54) is 6.08 Å². The number of hydrogen-bond acceptors (Lipinski definition) is 9. The molecule has 2 N–H and O–H groups in total. The molecule has 3 rings (SSSR count). The van der Waals surface area contributed by atoms with Crippen LogP contribution in [0.3, 0.4) is 0 Å². The third kappa shape index (κ3) is 15.3. The molecule has 51 heavy (non-hydrogen) atoms. The first-order valence-corrected chi connectivity index (χ1v) is 18.0. The van der Waals surface area contributed by atoms with E-state index in [0.717, 1.165) is 50.3 Å². The van der Waals surface area contributed by atoms with E-state index >= 15 is 0 Å². The molecule has 1 unspecified atom stereocenters. The first-order chi connectivity index (χ1) is 24.5. The fourth-order valence-corrected chi connectivity index (χ4v) is 6.42. The normalized spacial score (nSPS) is 23.3. The van der Waals surface area contributed by atoms with Crippen molar-refractivity contribution in [3.63, 3.8) is 0 Å². The molecular formula is C40H54F2O9. The van der Waals surface area contributed by atoms with Crippen molar-refractivity contribution < 1.29 is 52.3 Å². The van der Waals surface area contributed by atoms with Gasteiger partial charge in [0.2, 0.25) is 0 Å². The minimum Gasteiger partial charge on any atom is -0.487 e. The van der Waals surface area contributed by atoms with E-state index in [2.05, 4.69) is 11.8 Å². The predicted octanol–water partition coefficient (Wildman–Crippen LogP) is 5.94. The summed E-state index contributed by atoms with van der Waals surface area (Å²) in [5, 5.41) is 21.1. The summed E-state index contributed by atoms with van der Waals surface area (Å²) in [5.41, 5.74) is -0.714. The van der Waals surface area contributed by atoms with Gasteiger partial charge in [0.25, 0.3) is 0 Å². The van der Waals surface area contributed by atoms with Crippen LogP contribution in [0.15, 0.2) is 30.4 Å². The average Bonchev–Trinajstić information content (AvgIpc) is 3.27. The number of benzene rings is 1. The monoisotopic (exact) mass is 716 g/mol. The van der Waals surface area contributed by atoms with E-state index in [4.69, 9.17) is 36.5 Å². The first kappa shape index (κ1) is 41.9. The van der Waals surface area contributed by atoms with E-state index in [1.54, 1.807) is 6.08 Å². The summed E-state index contributed by atoms with van der Waals surface area (Å²) in [7, 11) is 0. The number of fused-ring (bicyclic) bond motifs is 1. The molecule has 7 atom stereocenters. The number of aliphatic hydroxyl groups excluding tert-OH is 2. The minimum absolute atomic E-state index is 0.0451. The van der Waals surface area contributed by atoms with Crippen molar-refractivity contribution in [2.24, 2.45) is 23.2 Å². The number of carbonyl (C=O) groups excluding carboxylic acids is 2. The molecule has 2 aliphatic rings. The quantitative estimate of drug-likeness (QED) is 0.0651. The minimum atomic E-state index is -1.08. The molecule has 11 heteroatoms. The molecule has 0 aromatic heterocycles. The Morgan fingerprint density at radius 1 is 1.04 bits per heavy atom. The summed E-state index contributed by atoms with van der Waals surface area (Å²) in [5.74, 6) is 2.84. The van der Waals surface area contributed by atoms with Crippen molar-refractivity contribution in [2.75, 3.05) is 39.6 Å². The number of aliphatic hydroxyl groups is 2. The summed E-state index contributed by atoms with van der Waals surface area (Å²) in [6.07, 6.45) is 19.4. The van der Waals surface area contributed by atoms with Crippen LogP contribution in [0.1, 0.15) is 84.0 Å². The number of halogens is 2. The topological polar surface area (TPSA) is 121 Å². The van der Waals surface area contributed by atoms with Crippen molar-refractivity contribution in [3.8, 4) is 30.4 Å². The summed E-state index contributed by atoms with van der Waals surface area (Å²) >= 11 is 0. The van der Waals surface area contributed by atoms with Crippen LogP contribution in [0.25, 0.3) is 0 Å². The molecular weight excluding hydrogens is 662 g/mol. The highest BCUT2D eigenvalue weighted by molar-refractivity contribution is 5.69. The standard InChI is InChI=1S/C40H54F2O9/c1-4-6-8-10-21-47-26-40(3,27-50-38(45)13-9-7-5-2)28-51-39(46)14-11-12-29-15-18-33-32(35(44)23-36(33)48-24-29)19-17-31(43)25-49-37-22-30(41)16-20-34(37)42/h1-2,16-17,19-20,22,29,31-33,35-36,43-44H,6-15,18,21,23-28H2,3H3/b19-17+/t29-,31+,32+,33+,35+,36-,40?/m0/s1. The maximum absolute atomic E-state index is 13.8. The molecule has 2 fully saturated rings. The van der Waals surface area contributed by atoms with Gasteiger partial charge in [0.05, 0.1) is 24.2 Å². The zero-order valence-corrected chi connectivity index (χ0v) is 29.7. The molecule has 1 aromatic carbocycles. The van der Waals surface area contributed by atoms with Crippen molar-refractivity contribution in [1.29, 1.82) is 0 Å². The summed E-state index contributed by atoms with van der Waals surface area (Å²) in [6, 6.07) is 2.87. The van der Waals surface area contributed by atoms with Gasteiger partial charge in [-0.1, -0.05) is 19.1 Å². The lowest BCUT2D eigenvalue weighted by Crippen LogP contribution is -2.36. The second-order valence-electron chi connectivity index (χ2n) is 14.0. The predicted molar refractivity (Wildman–Crippen MR) is 187 cm³/mol. The molecule has 0 amide bonds. The van der Waals surface area contributed by atoms with Crippen molar-refractivity contribution >= 4 is 11.9 Å². The molecule has 1 aromatic rings. The van der Waals surface area contributed by atoms with Crippen LogP contribution in [0.2, 0.25) is 0 Å². The van der Waals surface area contributed by atoms with Crippen LogP contribution >= 0.6 is 0 Å². The fraction of sp³-hybridized carbons (Fsp3) is 0.650. The largest absolute Gasteiger partial charge is 0.487 e. The Hall–Kier alpha value is -3.48. The number of terminal acetylenes is 2. The smallest absolute Gasteiger partial charge is 0.305 e. The Morgan fingerprint density at radius 2 is 1.75 bits per heavy atom. The molecule has 0 radical (unpaired) electrons. The van der Waals surface area contributed by atoms with Crippen LogP contribution in [0.4, 0.5) is 8.78 Å². The number of esters is 2. The lowest BCUT2D eigenvalue weighted by atomic mass is 9.86. The number of carbonyl (C=O) groups is 2. The van der Waals surface area contributed by atoms with E-state index in [-0.39, 0.29) is 80.8 Å². The van der Waals surface area contributed by atoms with Gasteiger partial charge in [-0.25, -0.2) is 8.78 Å². The van der Waals surface area contributed by atoms with E-state index < -0.39 is 29.3 Å². The Morgan fingerprint density at radius 3 is 2.47 bits per heavy atom. The highest BCUT2D eigenvalue weighted by Gasteiger charge is 2.43. The summed E-state index contributed by atoms with van der Waals surface area (Å²) in [4.78, 5) is 24.9. The van der Waals surface area contributed by atoms with Crippen molar-refractivity contribution in [1.82, 2.24) is 0 Å². The highest BCUT2D eigenvalue weighted by Crippen LogP contribution is 2.42. The van der Waals surface area contributed by atoms with Crippen LogP contribution in [0, 0.1) is 59.5 Å². The lowest BCUT2D eigenvalue weighted by molar-refractivity contribution is -0.156. The third-order valence-corrected chi connectivity index (χ3v) is 9.37. The van der Waals surface area contributed by atoms with Gasteiger partial charge in [-0.2, -0.15) is 0 Å². The van der Waals surface area contributed by atoms with Gasteiger partial charge >= 0.3 is 11.9 Å². The SMILES string of the molecule is C#CCCCCOCC(C)(COC(=O)CCCC#C)COC(=O)CCC[C@H]1CC[C@@H]2[C@@H](/C=C/[C@@H](O)COc3cc(F)ccc3F)[C@H](O)C[C@@H]2OC1. The summed E-state index contributed by atoms with van der Waals surface area (Å²) in [6.45, 7) is 2.96. The Kier molecular flexibility index (Phi) is 18.5. The number of ether oxygens (including phenoxy) is 5. The zero-order chi connectivity index (χ0) is 37.1. The maximum Gasteiger partial charge on any atom is 0.305 e. The lowest BCUT2D eigenvalue weighted by Gasteiger charge is -2.28.